The van der Waals surface area contributed by atoms with Crippen LogP contribution in [0.4, 0.5) is 0 Å². The summed E-state index contributed by atoms with van der Waals surface area (Å²) in [4.78, 5) is 12.0. The Hall–Kier alpha value is -0.140. The molecule has 0 atom stereocenters. The van der Waals surface area contributed by atoms with Crippen LogP contribution in [0.1, 0.15) is 36.0 Å². The number of carbonyl (C=O) groups excluding carboxylic acids is 1. The van der Waals surface area contributed by atoms with Crippen molar-refractivity contribution in [3.63, 3.8) is 0 Å². The SMILES string of the molecule is NCC1(NC(=O)c2csc(I)c2)CCCC1. The molecule has 3 nitrogen and oxygen atoms in total. The second-order valence-corrected chi connectivity index (χ2v) is 7.09. The maximum atomic E-state index is 12.0. The third kappa shape index (κ3) is 2.57. The van der Waals surface area contributed by atoms with Crippen LogP contribution in [0.2, 0.25) is 0 Å². The molecule has 1 heterocycles. The highest BCUT2D eigenvalue weighted by molar-refractivity contribution is 14.1. The van der Waals surface area contributed by atoms with Gasteiger partial charge in [-0.05, 0) is 41.5 Å². The van der Waals surface area contributed by atoms with E-state index in [-0.39, 0.29) is 11.4 Å². The molecule has 0 spiro atoms. The smallest absolute Gasteiger partial charge is 0.252 e. The Bertz CT molecular complexity index is 385. The van der Waals surface area contributed by atoms with Crippen LogP contribution in [-0.2, 0) is 0 Å². The van der Waals surface area contributed by atoms with Crippen LogP contribution in [-0.4, -0.2) is 18.0 Å². The summed E-state index contributed by atoms with van der Waals surface area (Å²) >= 11 is 3.82. The highest BCUT2D eigenvalue weighted by atomic mass is 127. The average Bonchev–Trinajstić information content (AvgIpc) is 2.88. The van der Waals surface area contributed by atoms with Gasteiger partial charge >= 0.3 is 0 Å². The first kappa shape index (κ1) is 12.3. The molecule has 1 aliphatic carbocycles. The fourth-order valence-electron chi connectivity index (χ4n) is 2.17. The van der Waals surface area contributed by atoms with Gasteiger partial charge in [0.2, 0.25) is 0 Å². The van der Waals surface area contributed by atoms with Gasteiger partial charge < -0.3 is 11.1 Å². The topological polar surface area (TPSA) is 55.1 Å². The minimum absolute atomic E-state index is 0.0199. The fourth-order valence-corrected chi connectivity index (χ4v) is 3.50. The lowest BCUT2D eigenvalue weighted by Crippen LogP contribution is -2.51. The Balaban J connectivity index is 2.06. The lowest BCUT2D eigenvalue weighted by Gasteiger charge is -2.28. The predicted molar refractivity (Wildman–Crippen MR) is 74.8 cm³/mol. The van der Waals surface area contributed by atoms with Gasteiger partial charge in [-0.2, -0.15) is 0 Å². The molecule has 1 aromatic rings. The van der Waals surface area contributed by atoms with Crippen LogP contribution >= 0.6 is 33.9 Å². The molecule has 2 rings (SSSR count). The summed E-state index contributed by atoms with van der Waals surface area (Å²) < 4.78 is 1.14. The zero-order valence-electron chi connectivity index (χ0n) is 8.96. The fraction of sp³-hybridized carbons (Fsp3) is 0.545. The Morgan fingerprint density at radius 3 is 2.75 bits per heavy atom. The van der Waals surface area contributed by atoms with Gasteiger partial charge in [-0.3, -0.25) is 4.79 Å². The van der Waals surface area contributed by atoms with Crippen molar-refractivity contribution in [2.75, 3.05) is 6.54 Å². The van der Waals surface area contributed by atoms with Gasteiger partial charge in [0.1, 0.15) is 0 Å². The molecule has 0 radical (unpaired) electrons. The molecule has 1 aliphatic rings. The molecule has 16 heavy (non-hydrogen) atoms. The van der Waals surface area contributed by atoms with Crippen molar-refractivity contribution in [2.45, 2.75) is 31.2 Å². The molecule has 0 unspecified atom stereocenters. The van der Waals surface area contributed by atoms with Crippen LogP contribution < -0.4 is 11.1 Å². The van der Waals surface area contributed by atoms with Crippen molar-refractivity contribution in [1.29, 1.82) is 0 Å². The van der Waals surface area contributed by atoms with E-state index in [1.165, 1.54) is 12.8 Å². The van der Waals surface area contributed by atoms with Crippen molar-refractivity contribution in [3.05, 3.63) is 19.9 Å². The lowest BCUT2D eigenvalue weighted by molar-refractivity contribution is 0.0903. The zero-order chi connectivity index (χ0) is 11.6. The summed E-state index contributed by atoms with van der Waals surface area (Å²) in [5.74, 6) is 0.0199. The second-order valence-electron chi connectivity index (χ2n) is 4.29. The first-order chi connectivity index (χ1) is 7.65. The summed E-state index contributed by atoms with van der Waals surface area (Å²) in [5.41, 5.74) is 6.40. The monoisotopic (exact) mass is 350 g/mol. The molecular weight excluding hydrogens is 335 g/mol. The van der Waals surface area contributed by atoms with Crippen LogP contribution in [0, 0.1) is 2.88 Å². The number of halogens is 1. The summed E-state index contributed by atoms with van der Waals surface area (Å²) in [6.45, 7) is 0.542. The first-order valence-corrected chi connectivity index (χ1v) is 7.38. The molecule has 1 aromatic heterocycles. The van der Waals surface area contributed by atoms with Crippen molar-refractivity contribution < 1.29 is 4.79 Å². The van der Waals surface area contributed by atoms with Gasteiger partial charge in [0.25, 0.3) is 5.91 Å². The van der Waals surface area contributed by atoms with E-state index >= 15 is 0 Å². The number of nitrogens with one attached hydrogen (secondary N) is 1. The standard InChI is InChI=1S/C11H15IN2OS/c12-9-5-8(6-16-9)10(15)14-11(7-13)3-1-2-4-11/h5-6H,1-4,7,13H2,(H,14,15). The van der Waals surface area contributed by atoms with Crippen LogP contribution in [0.5, 0.6) is 0 Å². The summed E-state index contributed by atoms with van der Waals surface area (Å²) in [6.07, 6.45) is 4.35. The molecule has 1 fully saturated rings. The summed E-state index contributed by atoms with van der Waals surface area (Å²) in [5, 5.41) is 5.01. The van der Waals surface area contributed by atoms with E-state index in [4.69, 9.17) is 5.73 Å². The predicted octanol–water partition coefficient (Wildman–Crippen LogP) is 2.35. The zero-order valence-corrected chi connectivity index (χ0v) is 11.9. The first-order valence-electron chi connectivity index (χ1n) is 5.42. The lowest BCUT2D eigenvalue weighted by atomic mass is 9.97. The van der Waals surface area contributed by atoms with Gasteiger partial charge in [-0.15, -0.1) is 11.3 Å². The van der Waals surface area contributed by atoms with E-state index in [1.807, 2.05) is 11.4 Å². The van der Waals surface area contributed by atoms with E-state index in [1.54, 1.807) is 11.3 Å². The van der Waals surface area contributed by atoms with Crippen molar-refractivity contribution in [3.8, 4) is 0 Å². The number of carbonyl (C=O) groups is 1. The average molecular weight is 350 g/mol. The molecule has 0 aliphatic heterocycles. The molecule has 1 amide bonds. The quantitative estimate of drug-likeness (QED) is 0.823. The van der Waals surface area contributed by atoms with Gasteiger partial charge in [-0.1, -0.05) is 12.8 Å². The van der Waals surface area contributed by atoms with E-state index in [9.17, 15) is 4.79 Å². The molecule has 0 aromatic carbocycles. The number of nitrogens with two attached hydrogens (primary N) is 1. The van der Waals surface area contributed by atoms with Crippen molar-refractivity contribution in [1.82, 2.24) is 5.32 Å². The minimum Gasteiger partial charge on any atom is -0.345 e. The number of amides is 1. The van der Waals surface area contributed by atoms with Crippen LogP contribution in [0.3, 0.4) is 0 Å². The largest absolute Gasteiger partial charge is 0.345 e. The Kier molecular flexibility index (Phi) is 3.86. The van der Waals surface area contributed by atoms with Crippen molar-refractivity contribution in [2.24, 2.45) is 5.73 Å². The highest BCUT2D eigenvalue weighted by Crippen LogP contribution is 2.29. The van der Waals surface area contributed by atoms with Crippen LogP contribution in [0.15, 0.2) is 11.4 Å². The summed E-state index contributed by atoms with van der Waals surface area (Å²) in [6, 6.07) is 1.92. The second kappa shape index (κ2) is 5.01. The molecule has 3 N–H and O–H groups in total. The Morgan fingerprint density at radius 2 is 2.25 bits per heavy atom. The normalized spacial score (nSPS) is 18.6. The van der Waals surface area contributed by atoms with E-state index in [0.29, 0.717) is 6.54 Å². The Labute approximate surface area is 113 Å². The molecule has 1 saturated carbocycles. The molecular formula is C11H15IN2OS. The third-order valence-electron chi connectivity index (χ3n) is 3.16. The van der Waals surface area contributed by atoms with E-state index in [0.717, 1.165) is 21.3 Å². The van der Waals surface area contributed by atoms with Crippen molar-refractivity contribution >= 4 is 39.8 Å². The number of hydrogen-bond acceptors (Lipinski definition) is 3. The summed E-state index contributed by atoms with van der Waals surface area (Å²) in [7, 11) is 0. The van der Waals surface area contributed by atoms with Crippen LogP contribution in [0.25, 0.3) is 0 Å². The molecule has 5 heteroatoms. The van der Waals surface area contributed by atoms with E-state index < -0.39 is 0 Å². The third-order valence-corrected chi connectivity index (χ3v) is 4.95. The Morgan fingerprint density at radius 1 is 1.56 bits per heavy atom. The number of hydrogen-bond donors (Lipinski definition) is 2. The maximum absolute atomic E-state index is 12.0. The van der Waals surface area contributed by atoms with Gasteiger partial charge in [-0.25, -0.2) is 0 Å². The number of thiophene rings is 1. The molecule has 88 valence electrons. The minimum atomic E-state index is -0.148. The molecule has 0 saturated heterocycles. The number of rotatable bonds is 3. The van der Waals surface area contributed by atoms with E-state index in [2.05, 4.69) is 27.9 Å². The van der Waals surface area contributed by atoms with Gasteiger partial charge in [0.05, 0.1) is 14.0 Å². The van der Waals surface area contributed by atoms with Gasteiger partial charge in [0.15, 0.2) is 0 Å². The molecule has 0 bridgehead atoms. The van der Waals surface area contributed by atoms with Gasteiger partial charge in [0, 0.05) is 11.9 Å². The maximum Gasteiger partial charge on any atom is 0.252 e. The highest BCUT2D eigenvalue weighted by Gasteiger charge is 2.34.